The molecule has 0 radical (unpaired) electrons. The van der Waals surface area contributed by atoms with Crippen LogP contribution in [-0.4, -0.2) is 14.5 Å². The maximum atomic E-state index is 10.8. The molecular weight excluding hydrogens is 182 g/mol. The highest BCUT2D eigenvalue weighted by molar-refractivity contribution is 5.27. The average molecular weight is 195 g/mol. The lowest BCUT2D eigenvalue weighted by Crippen LogP contribution is -2.07. The third-order valence-corrected chi connectivity index (χ3v) is 2.83. The summed E-state index contributed by atoms with van der Waals surface area (Å²) in [6, 6.07) is 0.289. The lowest BCUT2D eigenvalue weighted by atomic mass is 10.2. The first-order valence-corrected chi connectivity index (χ1v) is 4.88. The highest BCUT2D eigenvalue weighted by Gasteiger charge is 2.27. The van der Waals surface area contributed by atoms with Crippen molar-refractivity contribution >= 4 is 5.82 Å². The molecule has 0 bridgehead atoms. The second-order valence-electron chi connectivity index (χ2n) is 3.76. The molecule has 0 unspecified atom stereocenters. The second kappa shape index (κ2) is 3.40. The minimum atomic E-state index is -0.333. The molecule has 1 aromatic rings. The lowest BCUT2D eigenvalue weighted by Gasteiger charge is -2.07. The Bertz CT molecular complexity index is 353. The van der Waals surface area contributed by atoms with Crippen molar-refractivity contribution in [2.75, 3.05) is 0 Å². The first-order valence-electron chi connectivity index (χ1n) is 4.88. The van der Waals surface area contributed by atoms with Gasteiger partial charge >= 0.3 is 5.82 Å². The number of aromatic nitrogens is 2. The number of hydrogen-bond donors (Lipinski definition) is 0. The Kier molecular flexibility index (Phi) is 2.23. The molecule has 1 heterocycles. The van der Waals surface area contributed by atoms with E-state index in [9.17, 15) is 10.1 Å². The van der Waals surface area contributed by atoms with Gasteiger partial charge in [0.25, 0.3) is 0 Å². The zero-order valence-corrected chi connectivity index (χ0v) is 8.14. The third-order valence-electron chi connectivity index (χ3n) is 2.83. The van der Waals surface area contributed by atoms with E-state index in [4.69, 9.17) is 0 Å². The SMILES string of the molecule is Cc1ncn(C2CCCC2)c1[N+](=O)[O-]. The standard InChI is InChI=1S/C9H13N3O2/c1-7-9(12(13)14)11(6-10-7)8-4-2-3-5-8/h6,8H,2-5H2,1H3. The number of nitrogens with zero attached hydrogens (tertiary/aromatic N) is 3. The van der Waals surface area contributed by atoms with Gasteiger partial charge in [-0.3, -0.25) is 0 Å². The van der Waals surface area contributed by atoms with Crippen molar-refractivity contribution in [3.8, 4) is 0 Å². The molecule has 0 atom stereocenters. The normalized spacial score (nSPS) is 17.5. The molecule has 1 aliphatic rings. The minimum Gasteiger partial charge on any atom is -0.358 e. The van der Waals surface area contributed by atoms with Crippen LogP contribution in [0.4, 0.5) is 5.82 Å². The molecule has 5 nitrogen and oxygen atoms in total. The van der Waals surface area contributed by atoms with Crippen LogP contribution in [0.2, 0.25) is 0 Å². The van der Waals surface area contributed by atoms with E-state index in [-0.39, 0.29) is 16.8 Å². The largest absolute Gasteiger partial charge is 0.358 e. The predicted octanol–water partition coefficient (Wildman–Crippen LogP) is 2.21. The summed E-state index contributed by atoms with van der Waals surface area (Å²) in [5.74, 6) is 0.164. The Balaban J connectivity index is 2.37. The molecule has 1 saturated carbocycles. The monoisotopic (exact) mass is 195 g/mol. The molecule has 1 aliphatic carbocycles. The van der Waals surface area contributed by atoms with Gasteiger partial charge in [0.1, 0.15) is 11.7 Å². The third kappa shape index (κ3) is 1.38. The van der Waals surface area contributed by atoms with Crippen molar-refractivity contribution in [2.45, 2.75) is 38.6 Å². The summed E-state index contributed by atoms with van der Waals surface area (Å²) in [6.07, 6.45) is 6.01. The van der Waals surface area contributed by atoms with E-state index < -0.39 is 0 Å². The summed E-state index contributed by atoms with van der Waals surface area (Å²) in [4.78, 5) is 14.5. The van der Waals surface area contributed by atoms with Crippen LogP contribution in [0.25, 0.3) is 0 Å². The minimum absolute atomic E-state index is 0.164. The van der Waals surface area contributed by atoms with Crippen molar-refractivity contribution in [3.05, 3.63) is 22.1 Å². The maximum absolute atomic E-state index is 10.8. The van der Waals surface area contributed by atoms with Crippen molar-refractivity contribution in [1.29, 1.82) is 0 Å². The van der Waals surface area contributed by atoms with E-state index >= 15 is 0 Å². The Morgan fingerprint density at radius 3 is 2.79 bits per heavy atom. The van der Waals surface area contributed by atoms with Crippen LogP contribution in [0.5, 0.6) is 0 Å². The smallest absolute Gasteiger partial charge is 0.345 e. The fraction of sp³-hybridized carbons (Fsp3) is 0.667. The Morgan fingerprint density at radius 2 is 2.21 bits per heavy atom. The molecule has 76 valence electrons. The first kappa shape index (κ1) is 9.18. The fourth-order valence-corrected chi connectivity index (χ4v) is 2.12. The first-order chi connectivity index (χ1) is 6.70. The van der Waals surface area contributed by atoms with Crippen LogP contribution < -0.4 is 0 Å². The van der Waals surface area contributed by atoms with Gasteiger partial charge in [0.05, 0.1) is 0 Å². The van der Waals surface area contributed by atoms with E-state index in [1.165, 1.54) is 12.8 Å². The van der Waals surface area contributed by atoms with Crippen LogP contribution in [0.15, 0.2) is 6.33 Å². The molecule has 0 amide bonds. The van der Waals surface area contributed by atoms with Crippen molar-refractivity contribution in [1.82, 2.24) is 9.55 Å². The molecule has 0 spiro atoms. The molecule has 0 aliphatic heterocycles. The number of imidazole rings is 1. The van der Waals surface area contributed by atoms with Crippen LogP contribution in [-0.2, 0) is 0 Å². The molecule has 0 saturated heterocycles. The van der Waals surface area contributed by atoms with Gasteiger partial charge in [0.2, 0.25) is 0 Å². The average Bonchev–Trinajstić information content (AvgIpc) is 2.70. The molecule has 14 heavy (non-hydrogen) atoms. The van der Waals surface area contributed by atoms with E-state index in [0.717, 1.165) is 12.8 Å². The Labute approximate surface area is 81.9 Å². The van der Waals surface area contributed by atoms with Gasteiger partial charge in [0, 0.05) is 0 Å². The molecule has 1 aromatic heterocycles. The summed E-state index contributed by atoms with van der Waals surface area (Å²) in [7, 11) is 0. The van der Waals surface area contributed by atoms with Crippen molar-refractivity contribution in [3.63, 3.8) is 0 Å². The van der Waals surface area contributed by atoms with E-state index in [0.29, 0.717) is 5.69 Å². The van der Waals surface area contributed by atoms with Crippen LogP contribution in [0.3, 0.4) is 0 Å². The van der Waals surface area contributed by atoms with Crippen LogP contribution >= 0.6 is 0 Å². The molecule has 0 N–H and O–H groups in total. The zero-order valence-electron chi connectivity index (χ0n) is 8.14. The highest BCUT2D eigenvalue weighted by atomic mass is 16.6. The lowest BCUT2D eigenvalue weighted by molar-refractivity contribution is -0.393. The van der Waals surface area contributed by atoms with Gasteiger partial charge in [-0.15, -0.1) is 0 Å². The number of aryl methyl sites for hydroxylation is 1. The quantitative estimate of drug-likeness (QED) is 0.537. The summed E-state index contributed by atoms with van der Waals surface area (Å²) in [6.45, 7) is 1.68. The molecule has 2 rings (SSSR count). The predicted molar refractivity (Wildman–Crippen MR) is 51.1 cm³/mol. The van der Waals surface area contributed by atoms with Crippen LogP contribution in [0, 0.1) is 17.0 Å². The number of hydrogen-bond acceptors (Lipinski definition) is 3. The Hall–Kier alpha value is -1.39. The fourth-order valence-electron chi connectivity index (χ4n) is 2.12. The van der Waals surface area contributed by atoms with Gasteiger partial charge in [-0.2, -0.15) is 0 Å². The van der Waals surface area contributed by atoms with Crippen molar-refractivity contribution in [2.24, 2.45) is 0 Å². The van der Waals surface area contributed by atoms with E-state index in [1.54, 1.807) is 17.8 Å². The summed E-state index contributed by atoms with van der Waals surface area (Å²) in [5.41, 5.74) is 0.516. The topological polar surface area (TPSA) is 61.0 Å². The van der Waals surface area contributed by atoms with Gasteiger partial charge in [-0.05, 0) is 37.5 Å². The van der Waals surface area contributed by atoms with E-state index in [2.05, 4.69) is 4.98 Å². The van der Waals surface area contributed by atoms with Gasteiger partial charge in [-0.1, -0.05) is 0 Å². The molecule has 1 fully saturated rings. The van der Waals surface area contributed by atoms with Gasteiger partial charge in [-0.25, -0.2) is 9.55 Å². The summed E-state index contributed by atoms with van der Waals surface area (Å²) in [5, 5.41) is 10.8. The maximum Gasteiger partial charge on any atom is 0.345 e. The molecule has 0 aromatic carbocycles. The molecular formula is C9H13N3O2. The summed E-state index contributed by atoms with van der Waals surface area (Å²) >= 11 is 0. The van der Waals surface area contributed by atoms with Gasteiger partial charge < -0.3 is 10.1 Å². The highest BCUT2D eigenvalue weighted by Crippen LogP contribution is 2.33. The summed E-state index contributed by atoms with van der Waals surface area (Å²) < 4.78 is 1.72. The number of rotatable bonds is 2. The van der Waals surface area contributed by atoms with Crippen LogP contribution in [0.1, 0.15) is 37.4 Å². The second-order valence-corrected chi connectivity index (χ2v) is 3.76. The zero-order chi connectivity index (χ0) is 10.1. The van der Waals surface area contributed by atoms with Gasteiger partial charge in [0.15, 0.2) is 6.33 Å². The van der Waals surface area contributed by atoms with Crippen molar-refractivity contribution < 1.29 is 4.92 Å². The Morgan fingerprint density at radius 1 is 1.57 bits per heavy atom. The number of nitro groups is 1. The molecule has 5 heteroatoms. The van der Waals surface area contributed by atoms with E-state index in [1.807, 2.05) is 0 Å².